The van der Waals surface area contributed by atoms with Crippen LogP contribution in [0.4, 0.5) is 4.79 Å². The van der Waals surface area contributed by atoms with Crippen molar-refractivity contribution in [1.82, 2.24) is 14.8 Å². The molecule has 0 spiro atoms. The van der Waals surface area contributed by atoms with Gasteiger partial charge in [-0.25, -0.2) is 9.59 Å². The molecule has 11 heteroatoms. The molecule has 11 nitrogen and oxygen atoms in total. The molecule has 0 aliphatic carbocycles. The van der Waals surface area contributed by atoms with Crippen molar-refractivity contribution in [3.8, 4) is 11.1 Å². The number of carbonyl (C=O) groups excluding carboxylic acids is 3. The minimum atomic E-state index is -0.951. The Morgan fingerprint density at radius 1 is 1.10 bits per heavy atom. The third-order valence-corrected chi connectivity index (χ3v) is 7.01. The number of carbonyl (C=O) groups is 3. The Bertz CT molecular complexity index is 1450. The number of methoxy groups -OCH3 is 1. The van der Waals surface area contributed by atoms with Crippen LogP contribution in [0.3, 0.4) is 0 Å². The molecule has 1 aliphatic rings. The second-order valence-corrected chi connectivity index (χ2v) is 11.2. The van der Waals surface area contributed by atoms with E-state index in [1.54, 1.807) is 33.9 Å². The number of hydrogen-bond donors (Lipinski definition) is 2. The van der Waals surface area contributed by atoms with Crippen LogP contribution in [0.25, 0.3) is 22.2 Å². The summed E-state index contributed by atoms with van der Waals surface area (Å²) in [4.78, 5) is 51.9. The lowest BCUT2D eigenvalue weighted by Gasteiger charge is -2.36. The molecule has 0 radical (unpaired) electrons. The highest BCUT2D eigenvalue weighted by Crippen LogP contribution is 2.25. The van der Waals surface area contributed by atoms with E-state index in [9.17, 15) is 19.2 Å². The van der Waals surface area contributed by atoms with Gasteiger partial charge in [-0.3, -0.25) is 19.1 Å². The molecule has 1 fully saturated rings. The van der Waals surface area contributed by atoms with Crippen LogP contribution in [0.1, 0.15) is 45.6 Å². The van der Waals surface area contributed by atoms with Crippen LogP contribution in [-0.2, 0) is 32.0 Å². The summed E-state index contributed by atoms with van der Waals surface area (Å²) in [5.74, 6) is -1.53. The Morgan fingerprint density at radius 2 is 1.80 bits per heavy atom. The van der Waals surface area contributed by atoms with Crippen molar-refractivity contribution in [2.45, 2.75) is 70.7 Å². The van der Waals surface area contributed by atoms with Crippen LogP contribution in [0.5, 0.6) is 0 Å². The van der Waals surface area contributed by atoms with Gasteiger partial charge >= 0.3 is 11.8 Å². The first-order chi connectivity index (χ1) is 19.5. The predicted octanol–water partition coefficient (Wildman–Crippen LogP) is 3.21. The summed E-state index contributed by atoms with van der Waals surface area (Å²) < 4.78 is 17.5. The fraction of sp³-hybridized carbons (Fsp3) is 0.467. The summed E-state index contributed by atoms with van der Waals surface area (Å²) in [5.41, 5.74) is 8.72. The van der Waals surface area contributed by atoms with E-state index in [1.165, 1.54) is 9.47 Å². The summed E-state index contributed by atoms with van der Waals surface area (Å²) in [6, 6.07) is 11.4. The van der Waals surface area contributed by atoms with Gasteiger partial charge in [-0.1, -0.05) is 30.3 Å². The Labute approximate surface area is 238 Å². The van der Waals surface area contributed by atoms with Gasteiger partial charge in [-0.15, -0.1) is 0 Å². The summed E-state index contributed by atoms with van der Waals surface area (Å²) in [6.45, 7) is 6.48. The van der Waals surface area contributed by atoms with E-state index in [4.69, 9.17) is 19.6 Å². The molecule has 1 saturated heterocycles. The average Bonchev–Trinajstić information content (AvgIpc) is 3.24. The second-order valence-electron chi connectivity index (χ2n) is 11.2. The lowest BCUT2D eigenvalue weighted by Crippen LogP contribution is -2.56. The predicted molar refractivity (Wildman–Crippen MR) is 153 cm³/mol. The summed E-state index contributed by atoms with van der Waals surface area (Å²) in [6.07, 6.45) is 1.68. The van der Waals surface area contributed by atoms with E-state index in [0.717, 1.165) is 29.5 Å². The Hall–Kier alpha value is -4.12. The number of piperidine rings is 1. The largest absolute Gasteiger partial charge is 0.444 e. The first kappa shape index (κ1) is 29.9. The molecule has 2 aromatic carbocycles. The number of oxazole rings is 1. The molecule has 1 unspecified atom stereocenters. The van der Waals surface area contributed by atoms with Gasteiger partial charge < -0.3 is 24.9 Å². The maximum Gasteiger partial charge on any atom is 0.420 e. The molecule has 41 heavy (non-hydrogen) atoms. The number of ether oxygens (including phenoxy) is 2. The number of nitrogens with two attached hydrogens (primary N) is 1. The number of rotatable bonds is 9. The molecule has 3 amide bonds. The number of primary amides is 1. The Kier molecular flexibility index (Phi) is 9.17. The summed E-state index contributed by atoms with van der Waals surface area (Å²) in [5, 5.41) is 2.76. The third-order valence-electron chi connectivity index (χ3n) is 7.01. The second kappa shape index (κ2) is 12.6. The van der Waals surface area contributed by atoms with Gasteiger partial charge in [0.05, 0.1) is 18.7 Å². The Balaban J connectivity index is 1.46. The zero-order valence-electron chi connectivity index (χ0n) is 24.0. The molecule has 0 bridgehead atoms. The molecule has 3 N–H and O–H groups in total. The van der Waals surface area contributed by atoms with Gasteiger partial charge in [0.15, 0.2) is 5.58 Å². The average molecular weight is 567 g/mol. The first-order valence-corrected chi connectivity index (χ1v) is 13.8. The van der Waals surface area contributed by atoms with Crippen LogP contribution in [0, 0.1) is 0 Å². The summed E-state index contributed by atoms with van der Waals surface area (Å²) >= 11 is 0. The lowest BCUT2D eigenvalue weighted by molar-refractivity contribution is -0.131. The SMILES string of the molecule is COCCn1c(=O)oc2ccc(-c3ccc(C[C@H](NC(=O)C4CCCCN4C(=O)OC(C)(C)C)C(N)=O)cc3)cc21. The minimum Gasteiger partial charge on any atom is -0.444 e. The molecule has 2 heterocycles. The highest BCUT2D eigenvalue weighted by molar-refractivity contribution is 5.91. The molecule has 1 aliphatic heterocycles. The van der Waals surface area contributed by atoms with Crippen molar-refractivity contribution in [2.75, 3.05) is 20.3 Å². The zero-order valence-corrected chi connectivity index (χ0v) is 24.0. The number of fused-ring (bicyclic) bond motifs is 1. The number of nitrogens with zero attached hydrogens (tertiary/aromatic N) is 2. The molecule has 2 atom stereocenters. The summed E-state index contributed by atoms with van der Waals surface area (Å²) in [7, 11) is 1.57. The van der Waals surface area contributed by atoms with Crippen molar-refractivity contribution in [2.24, 2.45) is 5.73 Å². The number of benzene rings is 2. The monoisotopic (exact) mass is 566 g/mol. The van der Waals surface area contributed by atoms with Gasteiger partial charge in [0.2, 0.25) is 11.8 Å². The van der Waals surface area contributed by atoms with Crippen LogP contribution in [-0.4, -0.2) is 65.3 Å². The minimum absolute atomic E-state index is 0.192. The van der Waals surface area contributed by atoms with E-state index in [-0.39, 0.29) is 6.42 Å². The molecule has 1 aromatic heterocycles. The van der Waals surface area contributed by atoms with E-state index in [0.29, 0.717) is 37.2 Å². The third kappa shape index (κ3) is 7.35. The fourth-order valence-corrected chi connectivity index (χ4v) is 4.94. The van der Waals surface area contributed by atoms with Crippen LogP contribution < -0.4 is 16.8 Å². The zero-order chi connectivity index (χ0) is 29.7. The van der Waals surface area contributed by atoms with Crippen LogP contribution >= 0.6 is 0 Å². The van der Waals surface area contributed by atoms with Crippen LogP contribution in [0.15, 0.2) is 51.7 Å². The maximum absolute atomic E-state index is 13.2. The first-order valence-electron chi connectivity index (χ1n) is 13.8. The molecule has 4 rings (SSSR count). The van der Waals surface area contributed by atoms with E-state index < -0.39 is 41.3 Å². The van der Waals surface area contributed by atoms with Crippen molar-refractivity contribution in [3.63, 3.8) is 0 Å². The number of hydrogen-bond acceptors (Lipinski definition) is 7. The van der Waals surface area contributed by atoms with Gasteiger partial charge in [0.25, 0.3) is 0 Å². The maximum atomic E-state index is 13.2. The highest BCUT2D eigenvalue weighted by Gasteiger charge is 2.36. The van der Waals surface area contributed by atoms with Gasteiger partial charge in [0, 0.05) is 20.1 Å². The standard InChI is InChI=1S/C30H38N4O7/c1-30(2,3)41-29(38)33-14-6-5-7-23(33)27(36)32-22(26(31)35)17-19-8-10-20(11-9-19)21-12-13-25-24(18-21)34(15-16-39-4)28(37)40-25/h8-13,18,22-23H,5-7,14-17H2,1-4H3,(H2,31,35)(H,32,36)/t22-,23?/m0/s1. The molecule has 220 valence electrons. The molecular weight excluding hydrogens is 528 g/mol. The van der Waals surface area contributed by atoms with Gasteiger partial charge in [-0.05, 0) is 68.9 Å². The van der Waals surface area contributed by atoms with E-state index in [1.807, 2.05) is 36.4 Å². The quantitative estimate of drug-likeness (QED) is 0.404. The van der Waals surface area contributed by atoms with Crippen molar-refractivity contribution < 1.29 is 28.3 Å². The van der Waals surface area contributed by atoms with Gasteiger partial charge in [-0.2, -0.15) is 0 Å². The fourth-order valence-electron chi connectivity index (χ4n) is 4.94. The molecule has 3 aromatic rings. The molecule has 0 saturated carbocycles. The number of aromatic nitrogens is 1. The smallest absolute Gasteiger partial charge is 0.420 e. The van der Waals surface area contributed by atoms with Crippen molar-refractivity contribution in [1.29, 1.82) is 0 Å². The van der Waals surface area contributed by atoms with Gasteiger partial charge in [0.1, 0.15) is 17.7 Å². The van der Waals surface area contributed by atoms with Crippen LogP contribution in [0.2, 0.25) is 0 Å². The Morgan fingerprint density at radius 3 is 2.46 bits per heavy atom. The normalized spacial score (nSPS) is 16.4. The topological polar surface area (TPSA) is 146 Å². The number of amides is 3. The van der Waals surface area contributed by atoms with E-state index >= 15 is 0 Å². The lowest BCUT2D eigenvalue weighted by atomic mass is 9.98. The van der Waals surface area contributed by atoms with E-state index in [2.05, 4.69) is 5.32 Å². The number of likely N-dealkylation sites (tertiary alicyclic amines) is 1. The highest BCUT2D eigenvalue weighted by atomic mass is 16.6. The van der Waals surface area contributed by atoms with Crippen molar-refractivity contribution >= 4 is 29.0 Å². The van der Waals surface area contributed by atoms with Crippen molar-refractivity contribution in [3.05, 3.63) is 58.6 Å². The number of nitrogens with one attached hydrogen (secondary N) is 1. The molecular formula is C30H38N4O7.